The van der Waals surface area contributed by atoms with Crippen molar-refractivity contribution in [2.75, 3.05) is 19.1 Å². The number of benzene rings is 2. The second kappa shape index (κ2) is 7.68. The number of aliphatic hydroxyl groups excluding tert-OH is 2. The van der Waals surface area contributed by atoms with E-state index < -0.39 is 23.6 Å². The van der Waals surface area contributed by atoms with E-state index in [1.807, 2.05) is 24.3 Å². The summed E-state index contributed by atoms with van der Waals surface area (Å²) in [5.41, 5.74) is 1.41. The first-order chi connectivity index (χ1) is 14.3. The van der Waals surface area contributed by atoms with E-state index in [1.165, 1.54) is 7.11 Å². The monoisotopic (exact) mass is 475 g/mol. The summed E-state index contributed by atoms with van der Waals surface area (Å²) in [6.45, 7) is 0.279. The Labute approximate surface area is 182 Å². The van der Waals surface area contributed by atoms with Crippen molar-refractivity contribution in [1.82, 2.24) is 0 Å². The first-order valence-corrected chi connectivity index (χ1v) is 10.3. The van der Waals surface area contributed by atoms with Gasteiger partial charge in [-0.15, -0.1) is 0 Å². The Balaban J connectivity index is 1.82. The van der Waals surface area contributed by atoms with Crippen LogP contribution in [-0.4, -0.2) is 48.5 Å². The molecule has 1 amide bonds. The van der Waals surface area contributed by atoms with E-state index in [4.69, 9.17) is 9.47 Å². The summed E-state index contributed by atoms with van der Waals surface area (Å²) in [4.78, 5) is 27.4. The molecule has 1 fully saturated rings. The van der Waals surface area contributed by atoms with Gasteiger partial charge in [0.15, 0.2) is 0 Å². The molecular formula is C22H22BrNO6. The second-order valence-electron chi connectivity index (χ2n) is 7.71. The van der Waals surface area contributed by atoms with Gasteiger partial charge in [0.05, 0.1) is 49.6 Å². The summed E-state index contributed by atoms with van der Waals surface area (Å²) in [6, 6.07) is 10.6. The van der Waals surface area contributed by atoms with Gasteiger partial charge in [0.25, 0.3) is 0 Å². The largest absolute Gasteiger partial charge is 0.497 e. The number of esters is 1. The summed E-state index contributed by atoms with van der Waals surface area (Å²) in [7, 11) is 2.89. The first-order valence-electron chi connectivity index (χ1n) is 9.54. The number of carbonyl (C=O) groups is 2. The summed E-state index contributed by atoms with van der Waals surface area (Å²) in [6.07, 6.45) is -1.74. The summed E-state index contributed by atoms with van der Waals surface area (Å²) < 4.78 is 10.6. The van der Waals surface area contributed by atoms with E-state index in [0.29, 0.717) is 27.0 Å². The van der Waals surface area contributed by atoms with Crippen LogP contribution in [0.2, 0.25) is 0 Å². The number of hydrogen-bond donors (Lipinski definition) is 2. The average Bonchev–Trinajstić information content (AvgIpc) is 3.16. The first kappa shape index (κ1) is 20.8. The Morgan fingerprint density at radius 2 is 1.80 bits per heavy atom. The minimum absolute atomic E-state index is 0.120. The quantitative estimate of drug-likeness (QED) is 0.659. The van der Waals surface area contributed by atoms with Gasteiger partial charge in [-0.2, -0.15) is 0 Å². The number of rotatable bonds is 4. The van der Waals surface area contributed by atoms with Crippen LogP contribution < -0.4 is 9.64 Å². The number of aliphatic hydroxyl groups is 2. The SMILES string of the molecule is COC(=O)c1cc(Br)c2c(c1)N(Cc1ccc(OC)cc1)C(=O)C21CC(O)C(O)C1. The highest BCUT2D eigenvalue weighted by Gasteiger charge is 2.58. The minimum Gasteiger partial charge on any atom is -0.497 e. The molecule has 0 bridgehead atoms. The Morgan fingerprint density at radius 3 is 2.37 bits per heavy atom. The van der Waals surface area contributed by atoms with Crippen molar-refractivity contribution in [2.45, 2.75) is 37.0 Å². The van der Waals surface area contributed by atoms with Crippen LogP contribution in [0.3, 0.4) is 0 Å². The van der Waals surface area contributed by atoms with Gasteiger partial charge in [-0.05, 0) is 42.7 Å². The van der Waals surface area contributed by atoms with Crippen molar-refractivity contribution < 1.29 is 29.3 Å². The van der Waals surface area contributed by atoms with Gasteiger partial charge in [0.2, 0.25) is 5.91 Å². The Kier molecular flexibility index (Phi) is 5.34. The summed E-state index contributed by atoms with van der Waals surface area (Å²) >= 11 is 3.51. The zero-order valence-electron chi connectivity index (χ0n) is 16.6. The number of fused-ring (bicyclic) bond motifs is 2. The standard InChI is InChI=1S/C22H22BrNO6/c1-29-14-5-3-12(4-6-14)11-24-16-8-13(20(27)30-2)7-15(23)19(16)22(21(24)28)9-17(25)18(26)10-22/h3-8,17-18,25-26H,9-11H2,1-2H3. The molecule has 1 aliphatic carbocycles. The third-order valence-electron chi connectivity index (χ3n) is 5.97. The molecule has 1 aliphatic heterocycles. The second-order valence-corrected chi connectivity index (χ2v) is 8.56. The number of halogens is 1. The highest BCUT2D eigenvalue weighted by Crippen LogP contribution is 2.54. The van der Waals surface area contributed by atoms with Gasteiger partial charge >= 0.3 is 5.97 Å². The molecule has 1 spiro atoms. The lowest BCUT2D eigenvalue weighted by Crippen LogP contribution is -2.39. The molecule has 2 unspecified atom stereocenters. The molecular weight excluding hydrogens is 454 g/mol. The van der Waals surface area contributed by atoms with Crippen LogP contribution in [0.5, 0.6) is 5.75 Å². The van der Waals surface area contributed by atoms with Gasteiger partial charge in [0, 0.05) is 10.0 Å². The zero-order valence-corrected chi connectivity index (χ0v) is 18.2. The van der Waals surface area contributed by atoms with E-state index in [9.17, 15) is 19.8 Å². The van der Waals surface area contributed by atoms with E-state index in [1.54, 1.807) is 24.1 Å². The number of methoxy groups -OCH3 is 2. The molecule has 30 heavy (non-hydrogen) atoms. The summed E-state index contributed by atoms with van der Waals surface area (Å²) in [5.74, 6) is -0.00412. The third-order valence-corrected chi connectivity index (χ3v) is 6.60. The molecule has 0 radical (unpaired) electrons. The molecule has 2 aromatic rings. The van der Waals surface area contributed by atoms with Gasteiger partial charge < -0.3 is 24.6 Å². The number of carbonyl (C=O) groups excluding carboxylic acids is 2. The van der Waals surface area contributed by atoms with Crippen molar-refractivity contribution in [2.24, 2.45) is 0 Å². The van der Waals surface area contributed by atoms with Gasteiger partial charge in [-0.3, -0.25) is 4.79 Å². The molecule has 2 aliphatic rings. The fourth-order valence-corrected chi connectivity index (χ4v) is 5.34. The molecule has 7 nitrogen and oxygen atoms in total. The Morgan fingerprint density at radius 1 is 1.17 bits per heavy atom. The molecule has 1 saturated carbocycles. The maximum atomic E-state index is 13.7. The fourth-order valence-electron chi connectivity index (χ4n) is 4.51. The van der Waals surface area contributed by atoms with Crippen LogP contribution in [0, 0.1) is 0 Å². The van der Waals surface area contributed by atoms with Gasteiger partial charge in [-0.25, -0.2) is 4.79 Å². The van der Waals surface area contributed by atoms with E-state index in [2.05, 4.69) is 15.9 Å². The van der Waals surface area contributed by atoms with E-state index in [-0.39, 0.29) is 25.3 Å². The Hall–Kier alpha value is -2.42. The molecule has 1 heterocycles. The zero-order chi connectivity index (χ0) is 21.6. The molecule has 0 saturated heterocycles. The van der Waals surface area contributed by atoms with E-state index in [0.717, 1.165) is 5.56 Å². The third kappa shape index (κ3) is 3.19. The van der Waals surface area contributed by atoms with Crippen molar-refractivity contribution in [1.29, 1.82) is 0 Å². The lowest BCUT2D eigenvalue weighted by Gasteiger charge is -2.24. The number of hydrogen-bond acceptors (Lipinski definition) is 6. The van der Waals surface area contributed by atoms with Crippen LogP contribution >= 0.6 is 15.9 Å². The lowest BCUT2D eigenvalue weighted by atomic mass is 9.79. The highest BCUT2D eigenvalue weighted by molar-refractivity contribution is 9.10. The number of ether oxygens (including phenoxy) is 2. The number of amides is 1. The van der Waals surface area contributed by atoms with Crippen LogP contribution in [0.15, 0.2) is 40.9 Å². The smallest absolute Gasteiger partial charge is 0.337 e. The molecule has 8 heteroatoms. The molecule has 0 aromatic heterocycles. The van der Waals surface area contributed by atoms with Crippen LogP contribution in [0.1, 0.15) is 34.3 Å². The molecule has 2 atom stereocenters. The lowest BCUT2D eigenvalue weighted by molar-refractivity contribution is -0.123. The number of anilines is 1. The minimum atomic E-state index is -1.05. The van der Waals surface area contributed by atoms with E-state index >= 15 is 0 Å². The van der Waals surface area contributed by atoms with Crippen molar-refractivity contribution in [3.8, 4) is 5.75 Å². The average molecular weight is 476 g/mol. The molecule has 4 rings (SSSR count). The van der Waals surface area contributed by atoms with Crippen molar-refractivity contribution in [3.63, 3.8) is 0 Å². The predicted molar refractivity (Wildman–Crippen MR) is 113 cm³/mol. The highest BCUT2D eigenvalue weighted by atomic mass is 79.9. The normalized spacial score (nSPS) is 25.0. The van der Waals surface area contributed by atoms with Gasteiger partial charge in [-0.1, -0.05) is 28.1 Å². The maximum Gasteiger partial charge on any atom is 0.337 e. The van der Waals surface area contributed by atoms with Crippen molar-refractivity contribution in [3.05, 3.63) is 57.6 Å². The molecule has 2 aromatic carbocycles. The van der Waals surface area contributed by atoms with Crippen molar-refractivity contribution >= 4 is 33.5 Å². The van der Waals surface area contributed by atoms with Crippen LogP contribution in [-0.2, 0) is 21.5 Å². The number of nitrogens with zero attached hydrogens (tertiary/aromatic N) is 1. The van der Waals surface area contributed by atoms with Crippen LogP contribution in [0.25, 0.3) is 0 Å². The van der Waals surface area contributed by atoms with Crippen LogP contribution in [0.4, 0.5) is 5.69 Å². The fraction of sp³-hybridized carbons (Fsp3) is 0.364. The Bertz CT molecular complexity index is 995. The molecule has 158 valence electrons. The maximum absolute atomic E-state index is 13.7. The predicted octanol–water partition coefficient (Wildman–Crippen LogP) is 2.54. The topological polar surface area (TPSA) is 96.3 Å². The van der Waals surface area contributed by atoms with Gasteiger partial charge in [0.1, 0.15) is 5.75 Å². The summed E-state index contributed by atoms with van der Waals surface area (Å²) in [5, 5.41) is 20.5. The molecule has 2 N–H and O–H groups in total.